The lowest BCUT2D eigenvalue weighted by Crippen LogP contribution is -1.84. The summed E-state index contributed by atoms with van der Waals surface area (Å²) in [4.78, 5) is 6.73. The summed E-state index contributed by atoms with van der Waals surface area (Å²) in [5.74, 6) is 1.45. The molecule has 72 valence electrons. The number of methoxy groups -OCH3 is 1. The maximum Gasteiger partial charge on any atom is 0.208 e. The zero-order chi connectivity index (χ0) is 9.97. The maximum atomic E-state index is 9.09. The van der Waals surface area contributed by atoms with Crippen LogP contribution < -0.4 is 4.74 Å². The molecular weight excluding hydrogens is 180 g/mol. The Morgan fingerprint density at radius 2 is 2.29 bits per heavy atom. The number of nitrogens with one attached hydrogen (secondary N) is 1. The molecule has 1 aromatic heterocycles. The highest BCUT2D eigenvalue weighted by molar-refractivity contribution is 5.58. The van der Waals surface area contributed by atoms with Crippen molar-refractivity contribution in [2.24, 2.45) is 0 Å². The van der Waals surface area contributed by atoms with E-state index in [0.29, 0.717) is 5.82 Å². The van der Waals surface area contributed by atoms with Crippen LogP contribution in [-0.4, -0.2) is 22.2 Å². The average Bonchev–Trinajstić information content (AvgIpc) is 2.65. The van der Waals surface area contributed by atoms with Gasteiger partial charge in [-0.05, 0) is 12.1 Å². The summed E-state index contributed by atoms with van der Waals surface area (Å²) in [7, 11) is 1.61. The highest BCUT2D eigenvalue weighted by Crippen LogP contribution is 2.22. The first-order chi connectivity index (χ1) is 6.79. The van der Waals surface area contributed by atoms with Crippen LogP contribution in [0.25, 0.3) is 11.4 Å². The summed E-state index contributed by atoms with van der Waals surface area (Å²) in [5, 5.41) is 9.09. The molecule has 0 bridgehead atoms. The molecule has 0 spiro atoms. The lowest BCUT2D eigenvalue weighted by molar-refractivity contribution is 0.415. The Bertz CT molecular complexity index is 437. The standard InChI is InChI=1S/C10H10N2O2/c1-14-8-4-2-3-7(5-8)10-11-6-9(13)12-10/h2-6,13H,1H3,(H,11,12). The number of hydrogen-bond donors (Lipinski definition) is 2. The smallest absolute Gasteiger partial charge is 0.208 e. The van der Waals surface area contributed by atoms with Crippen LogP contribution >= 0.6 is 0 Å². The van der Waals surface area contributed by atoms with Gasteiger partial charge in [0.15, 0.2) is 0 Å². The van der Waals surface area contributed by atoms with Gasteiger partial charge in [-0.3, -0.25) is 0 Å². The van der Waals surface area contributed by atoms with E-state index in [1.54, 1.807) is 7.11 Å². The van der Waals surface area contributed by atoms with Crippen LogP contribution in [0.4, 0.5) is 0 Å². The number of rotatable bonds is 2. The van der Waals surface area contributed by atoms with E-state index in [4.69, 9.17) is 9.84 Å². The quantitative estimate of drug-likeness (QED) is 0.759. The van der Waals surface area contributed by atoms with Crippen molar-refractivity contribution in [3.05, 3.63) is 30.5 Å². The molecule has 14 heavy (non-hydrogen) atoms. The number of ether oxygens (including phenoxy) is 1. The van der Waals surface area contributed by atoms with E-state index in [2.05, 4.69) is 9.97 Å². The van der Waals surface area contributed by atoms with E-state index in [9.17, 15) is 0 Å². The van der Waals surface area contributed by atoms with Crippen molar-refractivity contribution in [1.29, 1.82) is 0 Å². The van der Waals surface area contributed by atoms with E-state index in [0.717, 1.165) is 11.3 Å². The van der Waals surface area contributed by atoms with Gasteiger partial charge in [0.05, 0.1) is 13.3 Å². The predicted octanol–water partition coefficient (Wildman–Crippen LogP) is 1.79. The number of aromatic amines is 1. The number of benzene rings is 1. The lowest BCUT2D eigenvalue weighted by atomic mass is 10.2. The van der Waals surface area contributed by atoms with Crippen LogP contribution in [0.3, 0.4) is 0 Å². The van der Waals surface area contributed by atoms with Gasteiger partial charge in [-0.1, -0.05) is 12.1 Å². The molecule has 0 fully saturated rings. The fraction of sp³-hybridized carbons (Fsp3) is 0.100. The SMILES string of the molecule is COc1cccc(-c2ncc(O)[nH]2)c1. The monoisotopic (exact) mass is 190 g/mol. The summed E-state index contributed by atoms with van der Waals surface area (Å²) in [5.41, 5.74) is 0.879. The minimum atomic E-state index is 0.0582. The van der Waals surface area contributed by atoms with Crippen molar-refractivity contribution >= 4 is 0 Å². The molecule has 0 radical (unpaired) electrons. The number of nitrogens with zero attached hydrogens (tertiary/aromatic N) is 1. The second-order valence-corrected chi connectivity index (χ2v) is 2.85. The number of imidazole rings is 1. The fourth-order valence-electron chi connectivity index (χ4n) is 1.23. The van der Waals surface area contributed by atoms with E-state index < -0.39 is 0 Å². The van der Waals surface area contributed by atoms with Crippen LogP contribution in [0.5, 0.6) is 11.6 Å². The normalized spacial score (nSPS) is 10.1. The number of hydrogen-bond acceptors (Lipinski definition) is 3. The molecule has 2 rings (SSSR count). The zero-order valence-electron chi connectivity index (χ0n) is 7.69. The molecule has 1 heterocycles. The van der Waals surface area contributed by atoms with Crippen molar-refractivity contribution < 1.29 is 9.84 Å². The van der Waals surface area contributed by atoms with Gasteiger partial charge in [0, 0.05) is 5.56 Å². The van der Waals surface area contributed by atoms with Crippen molar-refractivity contribution in [3.63, 3.8) is 0 Å². The minimum Gasteiger partial charge on any atom is -0.497 e. The summed E-state index contributed by atoms with van der Waals surface area (Å²) < 4.78 is 5.08. The van der Waals surface area contributed by atoms with E-state index in [1.165, 1.54) is 6.20 Å². The zero-order valence-corrected chi connectivity index (χ0v) is 7.69. The molecule has 0 unspecified atom stereocenters. The lowest BCUT2D eigenvalue weighted by Gasteiger charge is -2.01. The third-order valence-corrected chi connectivity index (χ3v) is 1.91. The van der Waals surface area contributed by atoms with Gasteiger partial charge in [0.1, 0.15) is 11.6 Å². The van der Waals surface area contributed by atoms with E-state index in [1.807, 2.05) is 24.3 Å². The maximum absolute atomic E-state index is 9.09. The molecule has 0 amide bonds. The van der Waals surface area contributed by atoms with Crippen LogP contribution in [0, 0.1) is 0 Å². The van der Waals surface area contributed by atoms with Gasteiger partial charge in [-0.2, -0.15) is 0 Å². The number of aromatic hydroxyl groups is 1. The summed E-state index contributed by atoms with van der Waals surface area (Å²) in [6.07, 6.45) is 1.37. The Morgan fingerprint density at radius 3 is 2.93 bits per heavy atom. The first-order valence-electron chi connectivity index (χ1n) is 4.18. The summed E-state index contributed by atoms with van der Waals surface area (Å²) in [6.45, 7) is 0. The largest absolute Gasteiger partial charge is 0.497 e. The van der Waals surface area contributed by atoms with Crippen molar-refractivity contribution in [2.45, 2.75) is 0 Å². The molecule has 0 aliphatic heterocycles. The Balaban J connectivity index is 2.41. The molecule has 0 saturated heterocycles. The summed E-state index contributed by atoms with van der Waals surface area (Å²) in [6, 6.07) is 7.46. The average molecular weight is 190 g/mol. The predicted molar refractivity (Wildman–Crippen MR) is 52.2 cm³/mol. The van der Waals surface area contributed by atoms with Gasteiger partial charge in [0.25, 0.3) is 0 Å². The first-order valence-corrected chi connectivity index (χ1v) is 4.18. The molecule has 0 aliphatic carbocycles. The van der Waals surface area contributed by atoms with Gasteiger partial charge < -0.3 is 14.8 Å². The molecule has 0 aliphatic rings. The number of H-pyrrole nitrogens is 1. The Morgan fingerprint density at radius 1 is 1.43 bits per heavy atom. The molecular formula is C10H10N2O2. The van der Waals surface area contributed by atoms with Gasteiger partial charge in [-0.25, -0.2) is 4.98 Å². The number of aromatic nitrogens is 2. The second-order valence-electron chi connectivity index (χ2n) is 2.85. The highest BCUT2D eigenvalue weighted by atomic mass is 16.5. The highest BCUT2D eigenvalue weighted by Gasteiger charge is 2.02. The second kappa shape index (κ2) is 3.41. The topological polar surface area (TPSA) is 58.1 Å². The summed E-state index contributed by atoms with van der Waals surface area (Å²) >= 11 is 0. The van der Waals surface area contributed by atoms with Crippen LogP contribution in [0.15, 0.2) is 30.5 Å². The van der Waals surface area contributed by atoms with Crippen LogP contribution in [0.1, 0.15) is 0 Å². The molecule has 0 atom stereocenters. The van der Waals surface area contributed by atoms with Gasteiger partial charge in [-0.15, -0.1) is 0 Å². The van der Waals surface area contributed by atoms with E-state index in [-0.39, 0.29) is 5.88 Å². The molecule has 1 aromatic carbocycles. The molecule has 4 nitrogen and oxygen atoms in total. The molecule has 0 saturated carbocycles. The first kappa shape index (κ1) is 8.62. The minimum absolute atomic E-state index is 0.0582. The Labute approximate surface area is 81.2 Å². The molecule has 4 heteroatoms. The Kier molecular flexibility index (Phi) is 2.10. The van der Waals surface area contributed by atoms with Gasteiger partial charge >= 0.3 is 0 Å². The van der Waals surface area contributed by atoms with Crippen LogP contribution in [0.2, 0.25) is 0 Å². The molecule has 2 N–H and O–H groups in total. The third-order valence-electron chi connectivity index (χ3n) is 1.91. The van der Waals surface area contributed by atoms with Gasteiger partial charge in [0.2, 0.25) is 5.88 Å². The van der Waals surface area contributed by atoms with Crippen molar-refractivity contribution in [1.82, 2.24) is 9.97 Å². The third kappa shape index (κ3) is 1.54. The van der Waals surface area contributed by atoms with E-state index >= 15 is 0 Å². The van der Waals surface area contributed by atoms with Crippen molar-refractivity contribution in [3.8, 4) is 23.0 Å². The molecule has 2 aromatic rings. The fourth-order valence-corrected chi connectivity index (χ4v) is 1.23. The van der Waals surface area contributed by atoms with Crippen molar-refractivity contribution in [2.75, 3.05) is 7.11 Å². The Hall–Kier alpha value is -1.97. The van der Waals surface area contributed by atoms with Crippen LogP contribution in [-0.2, 0) is 0 Å².